The van der Waals surface area contributed by atoms with Gasteiger partial charge in [-0.1, -0.05) is 13.8 Å². The number of rotatable bonds is 10. The maximum atomic E-state index is 12.2. The Bertz CT molecular complexity index is 682. The van der Waals surface area contributed by atoms with Crippen LogP contribution in [0.25, 0.3) is 0 Å². The van der Waals surface area contributed by atoms with E-state index in [1.54, 1.807) is 20.8 Å². The van der Waals surface area contributed by atoms with Crippen molar-refractivity contribution in [2.75, 3.05) is 13.1 Å². The molecule has 6 N–H and O–H groups in total. The number of nitrogens with zero attached hydrogens (tertiary/aromatic N) is 2. The fraction of sp³-hybridized carbons (Fsp3) is 0.722. The first-order valence-electron chi connectivity index (χ1n) is 9.67. The maximum absolute atomic E-state index is 12.2. The molecule has 2 amide bonds. The highest BCUT2D eigenvalue weighted by Crippen LogP contribution is 2.21. The van der Waals surface area contributed by atoms with Gasteiger partial charge < -0.3 is 30.8 Å². The average Bonchev–Trinajstić information content (AvgIpc) is 3.05. The molecular formula is C18H33N7O4. The number of aromatic nitrogens is 2. The monoisotopic (exact) mass is 411 g/mol. The smallest absolute Gasteiger partial charge is 0.408 e. The van der Waals surface area contributed by atoms with Crippen molar-refractivity contribution < 1.29 is 18.7 Å². The van der Waals surface area contributed by atoms with Gasteiger partial charge in [0.05, 0.1) is 0 Å². The van der Waals surface area contributed by atoms with Crippen molar-refractivity contribution >= 4 is 18.0 Å². The highest BCUT2D eigenvalue weighted by Gasteiger charge is 2.26. The van der Waals surface area contributed by atoms with E-state index in [4.69, 9.17) is 20.3 Å². The van der Waals surface area contributed by atoms with E-state index in [2.05, 4.69) is 26.1 Å². The molecule has 0 unspecified atom stereocenters. The molecule has 1 aromatic heterocycles. The van der Waals surface area contributed by atoms with E-state index < -0.39 is 23.6 Å². The zero-order valence-corrected chi connectivity index (χ0v) is 17.8. The molecule has 0 aliphatic carbocycles. The topological polar surface area (TPSA) is 168 Å². The van der Waals surface area contributed by atoms with Gasteiger partial charge in [0, 0.05) is 13.1 Å². The summed E-state index contributed by atoms with van der Waals surface area (Å²) in [5.41, 5.74) is 4.56. The fourth-order valence-electron chi connectivity index (χ4n) is 2.36. The molecule has 0 saturated carbocycles. The summed E-state index contributed by atoms with van der Waals surface area (Å²) in [5.74, 6) is -0.336. The normalized spacial score (nSPS) is 12.3. The van der Waals surface area contributed by atoms with Crippen LogP contribution in [0.2, 0.25) is 0 Å². The van der Waals surface area contributed by atoms with Gasteiger partial charge in [0.15, 0.2) is 5.96 Å². The van der Waals surface area contributed by atoms with Crippen molar-refractivity contribution in [1.82, 2.24) is 26.1 Å². The molecule has 1 heterocycles. The summed E-state index contributed by atoms with van der Waals surface area (Å²) < 4.78 is 10.8. The predicted molar refractivity (Wildman–Crippen MR) is 107 cm³/mol. The average molecular weight is 412 g/mol. The quantitative estimate of drug-likeness (QED) is 0.220. The minimum atomic E-state index is -0.633. The molecule has 0 aliphatic rings. The van der Waals surface area contributed by atoms with Crippen LogP contribution in [-0.2, 0) is 4.74 Å². The number of carbonyl (C=O) groups is 2. The van der Waals surface area contributed by atoms with Crippen LogP contribution in [0.1, 0.15) is 76.5 Å². The third kappa shape index (κ3) is 10.3. The van der Waals surface area contributed by atoms with Gasteiger partial charge in [0.25, 0.3) is 0 Å². The standard InChI is InChI=1S/C18H33N7O4/c1-11(2)10-12(23-17(27)29-18(3,4)5)14-24-25-15(28-14)13(26)21-8-6-7-9-22-16(19)20/h11-12H,6-10H2,1-5H3,(H,21,26)(H,23,27)(H4,19,20,22)/t12-/m0/s1. The predicted octanol–water partition coefficient (Wildman–Crippen LogP) is 1.67. The fourth-order valence-corrected chi connectivity index (χ4v) is 2.36. The Morgan fingerprint density at radius 3 is 2.34 bits per heavy atom. The van der Waals surface area contributed by atoms with Gasteiger partial charge in [-0.15, -0.1) is 10.2 Å². The van der Waals surface area contributed by atoms with Crippen molar-refractivity contribution in [3.05, 3.63) is 11.8 Å². The lowest BCUT2D eigenvalue weighted by Gasteiger charge is -2.22. The Labute approximate surface area is 171 Å². The Hall–Kier alpha value is -2.85. The van der Waals surface area contributed by atoms with Gasteiger partial charge in [-0.3, -0.25) is 10.2 Å². The first kappa shape index (κ1) is 24.2. The Morgan fingerprint density at radius 1 is 1.17 bits per heavy atom. The van der Waals surface area contributed by atoms with Crippen molar-refractivity contribution in [2.24, 2.45) is 11.7 Å². The van der Waals surface area contributed by atoms with Gasteiger partial charge in [-0.2, -0.15) is 0 Å². The maximum Gasteiger partial charge on any atom is 0.408 e. The second kappa shape index (κ2) is 11.2. The minimum absolute atomic E-state index is 0.0802. The lowest BCUT2D eigenvalue weighted by Crippen LogP contribution is -2.35. The number of hydrogen-bond donors (Lipinski definition) is 5. The summed E-state index contributed by atoms with van der Waals surface area (Å²) in [7, 11) is 0. The molecule has 0 bridgehead atoms. The van der Waals surface area contributed by atoms with E-state index in [-0.39, 0.29) is 23.7 Å². The third-order valence-corrected chi connectivity index (χ3v) is 3.54. The second-order valence-corrected chi connectivity index (χ2v) is 8.08. The molecule has 29 heavy (non-hydrogen) atoms. The summed E-state index contributed by atoms with van der Waals surface area (Å²) in [6, 6.07) is -0.559. The third-order valence-electron chi connectivity index (χ3n) is 3.54. The van der Waals surface area contributed by atoms with Crippen LogP contribution in [0.4, 0.5) is 4.79 Å². The molecule has 1 aromatic rings. The van der Waals surface area contributed by atoms with Crippen molar-refractivity contribution in [3.63, 3.8) is 0 Å². The van der Waals surface area contributed by atoms with Crippen molar-refractivity contribution in [2.45, 2.75) is 65.5 Å². The molecule has 0 fully saturated rings. The highest BCUT2D eigenvalue weighted by molar-refractivity contribution is 5.89. The molecule has 11 heteroatoms. The summed E-state index contributed by atoms with van der Waals surface area (Å²) in [5, 5.41) is 22.9. The Morgan fingerprint density at radius 2 is 1.79 bits per heavy atom. The van der Waals surface area contributed by atoms with Crippen LogP contribution in [0.15, 0.2) is 4.42 Å². The molecular weight excluding hydrogens is 378 g/mol. The molecule has 0 saturated heterocycles. The summed E-state index contributed by atoms with van der Waals surface area (Å²) in [6.45, 7) is 10.3. The van der Waals surface area contributed by atoms with E-state index in [9.17, 15) is 9.59 Å². The molecule has 0 spiro atoms. The number of alkyl carbamates (subject to hydrolysis) is 1. The van der Waals surface area contributed by atoms with Crippen LogP contribution in [0, 0.1) is 11.3 Å². The number of carbonyl (C=O) groups excluding carboxylic acids is 2. The van der Waals surface area contributed by atoms with E-state index in [0.717, 1.165) is 6.42 Å². The van der Waals surface area contributed by atoms with Gasteiger partial charge in [-0.25, -0.2) is 4.79 Å². The minimum Gasteiger partial charge on any atom is -0.444 e. The number of ether oxygens (including phenoxy) is 1. The number of nitrogens with two attached hydrogens (primary N) is 1. The lowest BCUT2D eigenvalue weighted by molar-refractivity contribution is 0.0488. The molecule has 1 rings (SSSR count). The number of amides is 2. The number of hydrogen-bond acceptors (Lipinski definition) is 7. The first-order valence-corrected chi connectivity index (χ1v) is 9.67. The van der Waals surface area contributed by atoms with Gasteiger partial charge in [-0.05, 0) is 46.0 Å². The molecule has 164 valence electrons. The summed E-state index contributed by atoms with van der Waals surface area (Å²) in [6.07, 6.45) is 1.39. The zero-order chi connectivity index (χ0) is 22.0. The van der Waals surface area contributed by atoms with E-state index in [1.165, 1.54) is 0 Å². The molecule has 1 atom stereocenters. The van der Waals surface area contributed by atoms with E-state index in [0.29, 0.717) is 25.9 Å². The second-order valence-electron chi connectivity index (χ2n) is 8.08. The molecule has 0 aromatic carbocycles. The van der Waals surface area contributed by atoms with Crippen molar-refractivity contribution in [3.8, 4) is 0 Å². The summed E-state index contributed by atoms with van der Waals surface area (Å²) >= 11 is 0. The van der Waals surface area contributed by atoms with Gasteiger partial charge in [0.2, 0.25) is 5.89 Å². The Balaban J connectivity index is 2.61. The van der Waals surface area contributed by atoms with Crippen LogP contribution in [0.3, 0.4) is 0 Å². The SMILES string of the molecule is CC(C)C[C@H](NC(=O)OC(C)(C)C)c1nnc(C(=O)NCCCCNC(=N)N)o1. The molecule has 0 aliphatic heterocycles. The zero-order valence-electron chi connectivity index (χ0n) is 17.8. The number of guanidine groups is 1. The van der Waals surface area contributed by atoms with Gasteiger partial charge in [0.1, 0.15) is 11.6 Å². The summed E-state index contributed by atoms with van der Waals surface area (Å²) in [4.78, 5) is 24.3. The van der Waals surface area contributed by atoms with Crippen LogP contribution in [-0.4, -0.2) is 46.8 Å². The Kier molecular flexibility index (Phi) is 9.36. The van der Waals surface area contributed by atoms with E-state index in [1.807, 2.05) is 13.8 Å². The molecule has 0 radical (unpaired) electrons. The molecule has 11 nitrogen and oxygen atoms in total. The number of unbranched alkanes of at least 4 members (excludes halogenated alkanes) is 1. The van der Waals surface area contributed by atoms with Crippen molar-refractivity contribution in [1.29, 1.82) is 5.41 Å². The van der Waals surface area contributed by atoms with Gasteiger partial charge >= 0.3 is 17.9 Å². The first-order chi connectivity index (χ1) is 13.5. The van der Waals surface area contributed by atoms with Crippen LogP contribution in [0.5, 0.6) is 0 Å². The largest absolute Gasteiger partial charge is 0.444 e. The van der Waals surface area contributed by atoms with E-state index >= 15 is 0 Å². The van der Waals surface area contributed by atoms with Crippen LogP contribution < -0.4 is 21.7 Å². The lowest BCUT2D eigenvalue weighted by atomic mass is 10.0. The number of nitrogens with one attached hydrogen (secondary N) is 4. The van der Waals surface area contributed by atoms with Crippen LogP contribution >= 0.6 is 0 Å². The highest BCUT2D eigenvalue weighted by atomic mass is 16.6.